The summed E-state index contributed by atoms with van der Waals surface area (Å²) in [4.78, 5) is 28.5. The van der Waals surface area contributed by atoms with Crippen molar-refractivity contribution >= 4 is 22.7 Å². The molecular formula is C18H25N5O3. The summed E-state index contributed by atoms with van der Waals surface area (Å²) in [5.41, 5.74) is 1.32. The average Bonchev–Trinajstić information content (AvgIpc) is 3.09. The van der Waals surface area contributed by atoms with E-state index in [9.17, 15) is 9.59 Å². The van der Waals surface area contributed by atoms with Crippen molar-refractivity contribution in [1.82, 2.24) is 25.3 Å². The minimum atomic E-state index is -0.0638. The van der Waals surface area contributed by atoms with Crippen molar-refractivity contribution in [2.75, 3.05) is 53.0 Å². The number of rotatable bonds is 7. The van der Waals surface area contributed by atoms with Gasteiger partial charge in [0.05, 0.1) is 12.1 Å². The van der Waals surface area contributed by atoms with E-state index in [1.54, 1.807) is 12.0 Å². The highest BCUT2D eigenvalue weighted by atomic mass is 16.5. The highest BCUT2D eigenvalue weighted by Crippen LogP contribution is 2.17. The van der Waals surface area contributed by atoms with E-state index in [1.165, 1.54) is 0 Å². The van der Waals surface area contributed by atoms with Crippen LogP contribution in [0, 0.1) is 0 Å². The Labute approximate surface area is 152 Å². The molecule has 140 valence electrons. The van der Waals surface area contributed by atoms with Crippen LogP contribution in [-0.4, -0.2) is 84.8 Å². The van der Waals surface area contributed by atoms with Crippen molar-refractivity contribution in [2.45, 2.75) is 6.42 Å². The Morgan fingerprint density at radius 2 is 2.00 bits per heavy atom. The fourth-order valence-electron chi connectivity index (χ4n) is 3.09. The third-order valence-electron chi connectivity index (χ3n) is 4.55. The molecule has 1 aromatic heterocycles. The van der Waals surface area contributed by atoms with Crippen LogP contribution >= 0.6 is 0 Å². The third kappa shape index (κ3) is 4.39. The van der Waals surface area contributed by atoms with Crippen LogP contribution in [0.4, 0.5) is 0 Å². The number of amides is 2. The number of benzene rings is 1. The van der Waals surface area contributed by atoms with Crippen LogP contribution in [-0.2, 0) is 9.53 Å². The van der Waals surface area contributed by atoms with Crippen molar-refractivity contribution in [1.29, 1.82) is 0 Å². The fourth-order valence-corrected chi connectivity index (χ4v) is 3.09. The first kappa shape index (κ1) is 18.3. The van der Waals surface area contributed by atoms with Crippen LogP contribution in [0.25, 0.3) is 10.9 Å². The molecule has 8 heteroatoms. The minimum Gasteiger partial charge on any atom is -0.385 e. The number of nitrogens with zero attached hydrogens (tertiary/aromatic N) is 3. The lowest BCUT2D eigenvalue weighted by molar-refractivity contribution is -0.122. The van der Waals surface area contributed by atoms with Gasteiger partial charge in [-0.2, -0.15) is 5.10 Å². The van der Waals surface area contributed by atoms with E-state index in [4.69, 9.17) is 4.74 Å². The molecule has 1 fully saturated rings. The zero-order valence-corrected chi connectivity index (χ0v) is 15.0. The lowest BCUT2D eigenvalue weighted by atomic mass is 10.2. The highest BCUT2D eigenvalue weighted by molar-refractivity contribution is 6.04. The third-order valence-corrected chi connectivity index (χ3v) is 4.55. The second-order valence-electron chi connectivity index (χ2n) is 6.38. The summed E-state index contributed by atoms with van der Waals surface area (Å²) in [5, 5.41) is 10.8. The molecule has 3 rings (SSSR count). The van der Waals surface area contributed by atoms with Crippen molar-refractivity contribution in [2.24, 2.45) is 0 Å². The predicted molar refractivity (Wildman–Crippen MR) is 97.9 cm³/mol. The molecule has 1 aliphatic heterocycles. The van der Waals surface area contributed by atoms with Crippen molar-refractivity contribution in [3.05, 3.63) is 30.0 Å². The zero-order chi connectivity index (χ0) is 18.4. The number of nitrogens with one attached hydrogen (secondary N) is 2. The molecule has 8 nitrogen and oxygen atoms in total. The van der Waals surface area contributed by atoms with Crippen molar-refractivity contribution in [3.8, 4) is 0 Å². The molecular weight excluding hydrogens is 334 g/mol. The summed E-state index contributed by atoms with van der Waals surface area (Å²) < 4.78 is 4.96. The summed E-state index contributed by atoms with van der Waals surface area (Å²) in [6.07, 6.45) is 0.808. The number of para-hydroxylation sites is 1. The number of carbonyl (C=O) groups excluding carboxylic acids is 2. The molecule has 0 saturated carbocycles. The summed E-state index contributed by atoms with van der Waals surface area (Å²) in [6.45, 7) is 4.17. The quantitative estimate of drug-likeness (QED) is 0.702. The van der Waals surface area contributed by atoms with E-state index in [0.717, 1.165) is 17.3 Å². The molecule has 1 saturated heterocycles. The van der Waals surface area contributed by atoms with Gasteiger partial charge in [0.1, 0.15) is 0 Å². The van der Waals surface area contributed by atoms with Gasteiger partial charge in [-0.05, 0) is 12.5 Å². The number of methoxy groups -OCH3 is 1. The van der Waals surface area contributed by atoms with E-state index < -0.39 is 0 Å². The van der Waals surface area contributed by atoms with Crippen LogP contribution in [0.15, 0.2) is 24.3 Å². The fraction of sp³-hybridized carbons (Fsp3) is 0.500. The molecule has 1 aromatic carbocycles. The van der Waals surface area contributed by atoms with Gasteiger partial charge in [-0.25, -0.2) is 0 Å². The number of piperazine rings is 1. The number of aromatic amines is 1. The van der Waals surface area contributed by atoms with Gasteiger partial charge < -0.3 is 15.0 Å². The molecule has 0 radical (unpaired) electrons. The molecule has 2 N–H and O–H groups in total. The van der Waals surface area contributed by atoms with Gasteiger partial charge in [-0.3, -0.25) is 19.6 Å². The summed E-state index contributed by atoms with van der Waals surface area (Å²) in [6, 6.07) is 7.62. The van der Waals surface area contributed by atoms with Crippen LogP contribution in [0.2, 0.25) is 0 Å². The number of hydrogen-bond acceptors (Lipinski definition) is 5. The first-order valence-corrected chi connectivity index (χ1v) is 8.89. The Balaban J connectivity index is 1.47. The Bertz CT molecular complexity index is 752. The van der Waals surface area contributed by atoms with Crippen LogP contribution in [0.3, 0.4) is 0 Å². The molecule has 0 atom stereocenters. The van der Waals surface area contributed by atoms with E-state index in [2.05, 4.69) is 20.4 Å². The largest absolute Gasteiger partial charge is 0.385 e. The maximum absolute atomic E-state index is 12.7. The molecule has 1 aliphatic rings. The van der Waals surface area contributed by atoms with Crippen LogP contribution in [0.1, 0.15) is 16.9 Å². The number of carbonyl (C=O) groups is 2. The second-order valence-corrected chi connectivity index (χ2v) is 6.38. The van der Waals surface area contributed by atoms with Crippen molar-refractivity contribution < 1.29 is 14.3 Å². The number of fused-ring (bicyclic) bond motifs is 1. The van der Waals surface area contributed by atoms with E-state index in [0.29, 0.717) is 51.6 Å². The topological polar surface area (TPSA) is 90.6 Å². The smallest absolute Gasteiger partial charge is 0.275 e. The second kappa shape index (κ2) is 8.77. The molecule has 0 bridgehead atoms. The molecule has 26 heavy (non-hydrogen) atoms. The number of H-pyrrole nitrogens is 1. The molecule has 2 aromatic rings. The first-order valence-electron chi connectivity index (χ1n) is 8.89. The Morgan fingerprint density at radius 3 is 2.77 bits per heavy atom. The van der Waals surface area contributed by atoms with Gasteiger partial charge in [-0.1, -0.05) is 18.2 Å². The summed E-state index contributed by atoms with van der Waals surface area (Å²) in [7, 11) is 1.65. The SMILES string of the molecule is COCCCNC(=O)CN1CCN(C(=O)c2n[nH]c3ccccc23)CC1. The van der Waals surface area contributed by atoms with Gasteiger partial charge in [0, 0.05) is 51.8 Å². The maximum Gasteiger partial charge on any atom is 0.275 e. The lowest BCUT2D eigenvalue weighted by Gasteiger charge is -2.34. The predicted octanol–water partition coefficient (Wildman–Crippen LogP) is 0.473. The van der Waals surface area contributed by atoms with E-state index in [-0.39, 0.29) is 11.8 Å². The number of hydrogen-bond donors (Lipinski definition) is 2. The maximum atomic E-state index is 12.7. The highest BCUT2D eigenvalue weighted by Gasteiger charge is 2.25. The average molecular weight is 359 g/mol. The molecule has 2 amide bonds. The first-order chi connectivity index (χ1) is 12.7. The molecule has 2 heterocycles. The zero-order valence-electron chi connectivity index (χ0n) is 15.0. The van der Waals surface area contributed by atoms with Gasteiger partial charge in [-0.15, -0.1) is 0 Å². The summed E-state index contributed by atoms with van der Waals surface area (Å²) in [5.74, 6) is -0.0507. The van der Waals surface area contributed by atoms with Gasteiger partial charge in [0.25, 0.3) is 5.91 Å². The minimum absolute atomic E-state index is 0.0131. The Kier molecular flexibility index (Phi) is 6.19. The van der Waals surface area contributed by atoms with Gasteiger partial charge in [0.15, 0.2) is 5.69 Å². The van der Waals surface area contributed by atoms with Gasteiger partial charge >= 0.3 is 0 Å². The van der Waals surface area contributed by atoms with Crippen LogP contribution in [0.5, 0.6) is 0 Å². The molecule has 0 spiro atoms. The lowest BCUT2D eigenvalue weighted by Crippen LogP contribution is -2.51. The van der Waals surface area contributed by atoms with E-state index >= 15 is 0 Å². The normalized spacial score (nSPS) is 15.3. The number of aromatic nitrogens is 2. The molecule has 0 unspecified atom stereocenters. The summed E-state index contributed by atoms with van der Waals surface area (Å²) >= 11 is 0. The van der Waals surface area contributed by atoms with E-state index in [1.807, 2.05) is 24.3 Å². The number of ether oxygens (including phenoxy) is 1. The molecule has 0 aliphatic carbocycles. The van der Waals surface area contributed by atoms with Crippen LogP contribution < -0.4 is 5.32 Å². The van der Waals surface area contributed by atoms with Gasteiger partial charge in [0.2, 0.25) is 5.91 Å². The Hall–Kier alpha value is -2.45. The standard InChI is InChI=1S/C18H25N5O3/c1-26-12-4-7-19-16(24)13-22-8-10-23(11-9-22)18(25)17-14-5-2-3-6-15(14)20-21-17/h2-3,5-6H,4,7-13H2,1H3,(H,19,24)(H,20,21). The van der Waals surface area contributed by atoms with Crippen molar-refractivity contribution in [3.63, 3.8) is 0 Å². The Morgan fingerprint density at radius 1 is 1.23 bits per heavy atom. The monoisotopic (exact) mass is 359 g/mol.